The summed E-state index contributed by atoms with van der Waals surface area (Å²) in [5.41, 5.74) is 1.66. The molecular formula is C17H14FNO2. The van der Waals surface area contributed by atoms with Gasteiger partial charge in [0.25, 0.3) is 0 Å². The maximum atomic E-state index is 12.8. The third kappa shape index (κ3) is 4.73. The van der Waals surface area contributed by atoms with Gasteiger partial charge in [0.05, 0.1) is 12.5 Å². The Bertz CT molecular complexity index is 642. The van der Waals surface area contributed by atoms with Crippen LogP contribution in [-0.4, -0.2) is 12.4 Å². The molecule has 0 bridgehead atoms. The SMILES string of the molecule is N#CCc1ccc(OCC(=O)Cc2ccc(F)cc2)cc1. The summed E-state index contributed by atoms with van der Waals surface area (Å²) in [5.74, 6) is 0.187. The Kier molecular flexibility index (Phi) is 5.05. The van der Waals surface area contributed by atoms with Crippen LogP contribution in [0.3, 0.4) is 0 Å². The molecule has 2 aromatic carbocycles. The number of hydrogen-bond donors (Lipinski definition) is 0. The lowest BCUT2D eigenvalue weighted by atomic mass is 10.1. The van der Waals surface area contributed by atoms with Gasteiger partial charge in [-0.2, -0.15) is 5.26 Å². The largest absolute Gasteiger partial charge is 0.486 e. The van der Waals surface area contributed by atoms with E-state index in [2.05, 4.69) is 6.07 Å². The van der Waals surface area contributed by atoms with E-state index in [1.54, 1.807) is 36.4 Å². The predicted octanol–water partition coefficient (Wildman–Crippen LogP) is 3.08. The Morgan fingerprint density at radius 3 is 2.29 bits per heavy atom. The normalized spacial score (nSPS) is 9.90. The molecule has 0 atom stereocenters. The average Bonchev–Trinajstić information content (AvgIpc) is 2.49. The van der Waals surface area contributed by atoms with Gasteiger partial charge < -0.3 is 4.74 Å². The highest BCUT2D eigenvalue weighted by Crippen LogP contribution is 2.13. The summed E-state index contributed by atoms with van der Waals surface area (Å²) in [5, 5.41) is 8.57. The van der Waals surface area contributed by atoms with Crippen molar-refractivity contribution in [3.05, 3.63) is 65.5 Å². The standard InChI is InChI=1S/C17H14FNO2/c18-15-5-1-14(2-6-15)11-16(20)12-21-17-7-3-13(4-8-17)9-10-19/h1-8H,9,11-12H2. The molecule has 0 fully saturated rings. The second-order valence-corrected chi connectivity index (χ2v) is 4.61. The molecule has 0 amide bonds. The highest BCUT2D eigenvalue weighted by atomic mass is 19.1. The number of ether oxygens (including phenoxy) is 1. The lowest BCUT2D eigenvalue weighted by Gasteiger charge is -2.06. The number of benzene rings is 2. The van der Waals surface area contributed by atoms with Gasteiger partial charge in [-0.25, -0.2) is 4.39 Å². The van der Waals surface area contributed by atoms with Crippen LogP contribution in [0.15, 0.2) is 48.5 Å². The van der Waals surface area contributed by atoms with E-state index in [0.717, 1.165) is 11.1 Å². The Morgan fingerprint density at radius 2 is 1.67 bits per heavy atom. The Labute approximate surface area is 122 Å². The van der Waals surface area contributed by atoms with E-state index in [-0.39, 0.29) is 24.6 Å². The van der Waals surface area contributed by atoms with Gasteiger partial charge in [-0.3, -0.25) is 4.79 Å². The number of halogens is 1. The Balaban J connectivity index is 1.83. The molecule has 0 saturated heterocycles. The second-order valence-electron chi connectivity index (χ2n) is 4.61. The fourth-order valence-corrected chi connectivity index (χ4v) is 1.84. The molecule has 4 heteroatoms. The zero-order valence-corrected chi connectivity index (χ0v) is 11.4. The highest BCUT2D eigenvalue weighted by Gasteiger charge is 2.05. The Morgan fingerprint density at radius 1 is 1.05 bits per heavy atom. The van der Waals surface area contributed by atoms with Gasteiger partial charge in [0.2, 0.25) is 0 Å². The third-order valence-electron chi connectivity index (χ3n) is 2.92. The minimum Gasteiger partial charge on any atom is -0.486 e. The highest BCUT2D eigenvalue weighted by molar-refractivity contribution is 5.82. The number of nitriles is 1. The molecule has 2 rings (SSSR count). The van der Waals surface area contributed by atoms with E-state index >= 15 is 0 Å². The molecule has 0 N–H and O–H groups in total. The number of ketones is 1. The average molecular weight is 283 g/mol. The fourth-order valence-electron chi connectivity index (χ4n) is 1.84. The maximum Gasteiger partial charge on any atom is 0.174 e. The molecule has 0 heterocycles. The smallest absolute Gasteiger partial charge is 0.174 e. The molecule has 0 saturated carbocycles. The lowest BCUT2D eigenvalue weighted by molar-refractivity contribution is -0.120. The van der Waals surface area contributed by atoms with Crippen molar-refractivity contribution in [2.45, 2.75) is 12.8 Å². The molecule has 0 unspecified atom stereocenters. The minimum atomic E-state index is -0.320. The molecule has 21 heavy (non-hydrogen) atoms. The molecule has 0 spiro atoms. The van der Waals surface area contributed by atoms with Crippen molar-refractivity contribution in [3.8, 4) is 11.8 Å². The summed E-state index contributed by atoms with van der Waals surface area (Å²) in [4.78, 5) is 11.8. The van der Waals surface area contributed by atoms with Crippen LogP contribution in [-0.2, 0) is 17.6 Å². The minimum absolute atomic E-state index is 0.0328. The van der Waals surface area contributed by atoms with E-state index in [0.29, 0.717) is 12.2 Å². The third-order valence-corrected chi connectivity index (χ3v) is 2.92. The summed E-state index contributed by atoms with van der Waals surface area (Å²) in [6.45, 7) is -0.0328. The molecular weight excluding hydrogens is 269 g/mol. The van der Waals surface area contributed by atoms with Gasteiger partial charge >= 0.3 is 0 Å². The van der Waals surface area contributed by atoms with Gasteiger partial charge in [0.1, 0.15) is 18.2 Å². The molecule has 106 valence electrons. The van der Waals surface area contributed by atoms with E-state index in [1.807, 2.05) is 0 Å². The van der Waals surface area contributed by atoms with Crippen LogP contribution in [0.1, 0.15) is 11.1 Å². The summed E-state index contributed by atoms with van der Waals surface area (Å²) >= 11 is 0. The van der Waals surface area contributed by atoms with Crippen LogP contribution < -0.4 is 4.74 Å². The van der Waals surface area contributed by atoms with Crippen LogP contribution in [0.2, 0.25) is 0 Å². The number of Topliss-reactive ketones (excluding diaryl/α,β-unsaturated/α-hetero) is 1. The lowest BCUT2D eigenvalue weighted by Crippen LogP contribution is -2.13. The fraction of sp³-hybridized carbons (Fsp3) is 0.176. The van der Waals surface area contributed by atoms with Gasteiger partial charge in [-0.1, -0.05) is 24.3 Å². The van der Waals surface area contributed by atoms with Crippen LogP contribution in [0.5, 0.6) is 5.75 Å². The van der Waals surface area contributed by atoms with Crippen LogP contribution in [0, 0.1) is 17.1 Å². The van der Waals surface area contributed by atoms with Crippen LogP contribution in [0.4, 0.5) is 4.39 Å². The summed E-state index contributed by atoms with van der Waals surface area (Å²) in [7, 11) is 0. The Hall–Kier alpha value is -2.67. The van der Waals surface area contributed by atoms with E-state index in [9.17, 15) is 9.18 Å². The van der Waals surface area contributed by atoms with Crippen molar-refractivity contribution in [3.63, 3.8) is 0 Å². The summed E-state index contributed by atoms with van der Waals surface area (Å²) < 4.78 is 18.1. The van der Waals surface area contributed by atoms with Crippen LogP contribution in [0.25, 0.3) is 0 Å². The van der Waals surface area contributed by atoms with Crippen molar-refractivity contribution < 1.29 is 13.9 Å². The first kappa shape index (κ1) is 14.7. The second kappa shape index (κ2) is 7.20. The zero-order chi connectivity index (χ0) is 15.1. The van der Waals surface area contributed by atoms with E-state index in [1.165, 1.54) is 12.1 Å². The summed E-state index contributed by atoms with van der Waals surface area (Å²) in [6.07, 6.45) is 0.566. The molecule has 0 aliphatic carbocycles. The number of carbonyl (C=O) groups excluding carboxylic acids is 1. The van der Waals surface area contributed by atoms with Gasteiger partial charge in [0.15, 0.2) is 5.78 Å². The van der Waals surface area contributed by atoms with Crippen LogP contribution >= 0.6 is 0 Å². The number of hydrogen-bond acceptors (Lipinski definition) is 3. The number of nitrogens with zero attached hydrogens (tertiary/aromatic N) is 1. The first-order valence-electron chi connectivity index (χ1n) is 6.52. The molecule has 0 aromatic heterocycles. The monoisotopic (exact) mass is 283 g/mol. The first-order valence-corrected chi connectivity index (χ1v) is 6.52. The van der Waals surface area contributed by atoms with E-state index < -0.39 is 0 Å². The van der Waals surface area contributed by atoms with Gasteiger partial charge in [0, 0.05) is 6.42 Å². The van der Waals surface area contributed by atoms with Crippen molar-refractivity contribution in [1.29, 1.82) is 5.26 Å². The molecule has 0 aliphatic heterocycles. The van der Waals surface area contributed by atoms with Crippen molar-refractivity contribution in [2.24, 2.45) is 0 Å². The van der Waals surface area contributed by atoms with Crippen molar-refractivity contribution in [2.75, 3.05) is 6.61 Å². The molecule has 2 aromatic rings. The van der Waals surface area contributed by atoms with Gasteiger partial charge in [-0.05, 0) is 35.4 Å². The zero-order valence-electron chi connectivity index (χ0n) is 11.4. The first-order chi connectivity index (χ1) is 10.2. The number of carbonyl (C=O) groups is 1. The number of rotatable bonds is 6. The maximum absolute atomic E-state index is 12.8. The summed E-state index contributed by atoms with van der Waals surface area (Å²) in [6, 6.07) is 15.0. The van der Waals surface area contributed by atoms with Gasteiger partial charge in [-0.15, -0.1) is 0 Å². The van der Waals surface area contributed by atoms with Crippen molar-refractivity contribution >= 4 is 5.78 Å². The molecule has 3 nitrogen and oxygen atoms in total. The predicted molar refractivity (Wildman–Crippen MR) is 76.4 cm³/mol. The van der Waals surface area contributed by atoms with E-state index in [4.69, 9.17) is 10.00 Å². The molecule has 0 radical (unpaired) electrons. The quantitative estimate of drug-likeness (QED) is 0.818. The topological polar surface area (TPSA) is 50.1 Å². The molecule has 0 aliphatic rings. The van der Waals surface area contributed by atoms with Crippen molar-refractivity contribution in [1.82, 2.24) is 0 Å².